The SMILES string of the molecule is C/C=C(/C(=O)NC1COC1)C(C)=NCC1CCCCC1. The lowest BCUT2D eigenvalue weighted by molar-refractivity contribution is -0.121. The fourth-order valence-corrected chi connectivity index (χ4v) is 2.81. The number of nitrogens with zero attached hydrogens (tertiary/aromatic N) is 1. The predicted molar refractivity (Wildman–Crippen MR) is 81.1 cm³/mol. The average Bonchev–Trinajstić information content (AvgIpc) is 2.42. The van der Waals surface area contributed by atoms with Crippen molar-refractivity contribution in [2.24, 2.45) is 10.9 Å². The van der Waals surface area contributed by atoms with Gasteiger partial charge in [-0.25, -0.2) is 0 Å². The van der Waals surface area contributed by atoms with E-state index in [-0.39, 0.29) is 11.9 Å². The van der Waals surface area contributed by atoms with Crippen LogP contribution in [0.5, 0.6) is 0 Å². The van der Waals surface area contributed by atoms with Gasteiger partial charge in [-0.1, -0.05) is 25.3 Å². The van der Waals surface area contributed by atoms with Gasteiger partial charge in [-0.05, 0) is 32.6 Å². The first-order valence-electron chi connectivity index (χ1n) is 7.77. The van der Waals surface area contributed by atoms with Gasteiger partial charge in [0.1, 0.15) is 0 Å². The number of hydrogen-bond acceptors (Lipinski definition) is 3. The van der Waals surface area contributed by atoms with Crippen molar-refractivity contribution in [1.82, 2.24) is 5.32 Å². The molecule has 0 aromatic heterocycles. The molecule has 2 rings (SSSR count). The number of nitrogens with one attached hydrogen (secondary N) is 1. The van der Waals surface area contributed by atoms with E-state index >= 15 is 0 Å². The van der Waals surface area contributed by atoms with Gasteiger partial charge in [0.2, 0.25) is 0 Å². The summed E-state index contributed by atoms with van der Waals surface area (Å²) in [6.45, 7) is 5.95. The Balaban J connectivity index is 1.86. The Hall–Kier alpha value is -1.16. The third kappa shape index (κ3) is 4.17. The van der Waals surface area contributed by atoms with Crippen molar-refractivity contribution in [2.75, 3.05) is 19.8 Å². The maximum absolute atomic E-state index is 12.2. The standard InChI is InChI=1S/C16H26N2O2/c1-3-15(16(19)18-14-10-20-11-14)12(2)17-9-13-7-5-4-6-8-13/h3,13-14H,4-11H2,1-2H3,(H,18,19)/b15-3+,17-12?. The second kappa shape index (κ2) is 7.58. The molecule has 4 heteroatoms. The Morgan fingerprint density at radius 3 is 2.55 bits per heavy atom. The molecule has 1 saturated heterocycles. The zero-order valence-electron chi connectivity index (χ0n) is 12.7. The normalized spacial score (nSPS) is 22.5. The van der Waals surface area contributed by atoms with E-state index in [9.17, 15) is 4.79 Å². The summed E-state index contributed by atoms with van der Waals surface area (Å²) in [4.78, 5) is 16.8. The summed E-state index contributed by atoms with van der Waals surface area (Å²) in [5, 5.41) is 2.97. The number of aliphatic imine (C=N–C) groups is 1. The van der Waals surface area contributed by atoms with E-state index in [4.69, 9.17) is 4.74 Å². The molecule has 112 valence electrons. The molecule has 2 aliphatic rings. The lowest BCUT2D eigenvalue weighted by Crippen LogP contribution is -2.49. The highest BCUT2D eigenvalue weighted by Gasteiger charge is 2.22. The summed E-state index contributed by atoms with van der Waals surface area (Å²) in [6.07, 6.45) is 8.45. The lowest BCUT2D eigenvalue weighted by Gasteiger charge is -2.27. The maximum Gasteiger partial charge on any atom is 0.253 e. The molecule has 4 nitrogen and oxygen atoms in total. The third-order valence-corrected chi connectivity index (χ3v) is 4.21. The molecule has 0 atom stereocenters. The Morgan fingerprint density at radius 2 is 2.00 bits per heavy atom. The van der Waals surface area contributed by atoms with Gasteiger partial charge in [0.25, 0.3) is 5.91 Å². The van der Waals surface area contributed by atoms with Crippen molar-refractivity contribution in [3.8, 4) is 0 Å². The second-order valence-corrected chi connectivity index (χ2v) is 5.84. The van der Waals surface area contributed by atoms with Crippen LogP contribution in [-0.2, 0) is 9.53 Å². The molecular formula is C16H26N2O2. The topological polar surface area (TPSA) is 50.7 Å². The summed E-state index contributed by atoms with van der Waals surface area (Å²) < 4.78 is 5.07. The van der Waals surface area contributed by atoms with Crippen molar-refractivity contribution >= 4 is 11.6 Å². The first kappa shape index (κ1) is 15.2. The summed E-state index contributed by atoms with van der Waals surface area (Å²) in [6, 6.07) is 0.170. The molecule has 0 radical (unpaired) electrons. The van der Waals surface area contributed by atoms with Crippen molar-refractivity contribution in [2.45, 2.75) is 52.0 Å². The van der Waals surface area contributed by atoms with Crippen LogP contribution in [0, 0.1) is 5.92 Å². The molecule has 1 aliphatic carbocycles. The Kier molecular flexibility index (Phi) is 5.77. The summed E-state index contributed by atoms with van der Waals surface area (Å²) in [7, 11) is 0. The predicted octanol–water partition coefficient (Wildman–Crippen LogP) is 2.49. The van der Waals surface area contributed by atoms with Gasteiger partial charge in [-0.15, -0.1) is 0 Å². The van der Waals surface area contributed by atoms with Gasteiger partial charge >= 0.3 is 0 Å². The zero-order valence-corrected chi connectivity index (χ0v) is 12.7. The van der Waals surface area contributed by atoms with E-state index < -0.39 is 0 Å². The van der Waals surface area contributed by atoms with Crippen molar-refractivity contribution < 1.29 is 9.53 Å². The highest BCUT2D eigenvalue weighted by Crippen LogP contribution is 2.23. The molecule has 0 spiro atoms. The van der Waals surface area contributed by atoms with Crippen LogP contribution in [0.25, 0.3) is 0 Å². The first-order valence-corrected chi connectivity index (χ1v) is 7.77. The first-order chi connectivity index (χ1) is 9.70. The molecule has 1 heterocycles. The van der Waals surface area contributed by atoms with Crippen LogP contribution >= 0.6 is 0 Å². The van der Waals surface area contributed by atoms with Crippen molar-refractivity contribution in [3.05, 3.63) is 11.6 Å². The van der Waals surface area contributed by atoms with E-state index in [2.05, 4.69) is 10.3 Å². The molecule has 1 saturated carbocycles. The van der Waals surface area contributed by atoms with Gasteiger partial charge in [0, 0.05) is 12.3 Å². The molecule has 1 amide bonds. The molecule has 20 heavy (non-hydrogen) atoms. The van der Waals surface area contributed by atoms with Crippen LogP contribution in [0.4, 0.5) is 0 Å². The van der Waals surface area contributed by atoms with E-state index in [1.807, 2.05) is 19.9 Å². The minimum atomic E-state index is -0.0225. The van der Waals surface area contributed by atoms with Gasteiger partial charge in [-0.2, -0.15) is 0 Å². The van der Waals surface area contributed by atoms with Crippen LogP contribution in [0.1, 0.15) is 46.0 Å². The fraction of sp³-hybridized carbons (Fsp3) is 0.750. The highest BCUT2D eigenvalue weighted by molar-refractivity contribution is 6.20. The fourth-order valence-electron chi connectivity index (χ4n) is 2.81. The number of ether oxygens (including phenoxy) is 1. The summed E-state index contributed by atoms with van der Waals surface area (Å²) >= 11 is 0. The van der Waals surface area contributed by atoms with Crippen molar-refractivity contribution in [3.63, 3.8) is 0 Å². The number of carbonyl (C=O) groups is 1. The Bertz CT molecular complexity index is 391. The quantitative estimate of drug-likeness (QED) is 0.620. The van der Waals surface area contributed by atoms with Gasteiger partial charge in [0.15, 0.2) is 0 Å². The van der Waals surface area contributed by atoms with E-state index in [0.29, 0.717) is 24.7 Å². The average molecular weight is 278 g/mol. The molecule has 1 N–H and O–H groups in total. The second-order valence-electron chi connectivity index (χ2n) is 5.84. The molecule has 2 fully saturated rings. The van der Waals surface area contributed by atoms with Crippen LogP contribution in [0.2, 0.25) is 0 Å². The molecular weight excluding hydrogens is 252 g/mol. The van der Waals surface area contributed by atoms with Crippen LogP contribution in [-0.4, -0.2) is 37.4 Å². The molecule has 0 unspecified atom stereocenters. The van der Waals surface area contributed by atoms with Crippen LogP contribution in [0.15, 0.2) is 16.6 Å². The smallest absolute Gasteiger partial charge is 0.253 e. The number of carbonyl (C=O) groups excluding carboxylic acids is 1. The number of amides is 1. The molecule has 0 bridgehead atoms. The van der Waals surface area contributed by atoms with E-state index in [1.165, 1.54) is 32.1 Å². The monoisotopic (exact) mass is 278 g/mol. The van der Waals surface area contributed by atoms with Gasteiger partial charge < -0.3 is 10.1 Å². The third-order valence-electron chi connectivity index (χ3n) is 4.21. The zero-order chi connectivity index (χ0) is 14.4. The Labute approximate surface area is 121 Å². The number of hydrogen-bond donors (Lipinski definition) is 1. The number of allylic oxidation sites excluding steroid dienone is 1. The maximum atomic E-state index is 12.2. The van der Waals surface area contributed by atoms with Crippen LogP contribution in [0.3, 0.4) is 0 Å². The molecule has 0 aromatic carbocycles. The van der Waals surface area contributed by atoms with Crippen LogP contribution < -0.4 is 5.32 Å². The minimum absolute atomic E-state index is 0.0225. The Morgan fingerprint density at radius 1 is 1.30 bits per heavy atom. The van der Waals surface area contributed by atoms with E-state index in [1.54, 1.807) is 0 Å². The number of rotatable bonds is 5. The highest BCUT2D eigenvalue weighted by atomic mass is 16.5. The van der Waals surface area contributed by atoms with Gasteiger partial charge in [0.05, 0.1) is 24.8 Å². The molecule has 0 aromatic rings. The molecule has 1 aliphatic heterocycles. The van der Waals surface area contributed by atoms with E-state index in [0.717, 1.165) is 12.3 Å². The summed E-state index contributed by atoms with van der Waals surface area (Å²) in [5.41, 5.74) is 1.56. The largest absolute Gasteiger partial charge is 0.377 e. The van der Waals surface area contributed by atoms with Gasteiger partial charge in [-0.3, -0.25) is 9.79 Å². The lowest BCUT2D eigenvalue weighted by atomic mass is 9.89. The minimum Gasteiger partial charge on any atom is -0.377 e. The summed E-state index contributed by atoms with van der Waals surface area (Å²) in [5.74, 6) is 0.686. The van der Waals surface area contributed by atoms with Crippen molar-refractivity contribution in [1.29, 1.82) is 0 Å².